The highest BCUT2D eigenvalue weighted by Crippen LogP contribution is 2.28. The SMILES string of the molecule is O=C(OCC(=O)N1CCNC1=O)C1CCN(S(=O)(=O)c2ccc3c(c2)CCC3)CC1. The Morgan fingerprint density at radius 3 is 2.53 bits per heavy atom. The Morgan fingerprint density at radius 2 is 1.83 bits per heavy atom. The van der Waals surface area contributed by atoms with Gasteiger partial charge >= 0.3 is 12.0 Å². The molecule has 2 heterocycles. The number of nitrogens with zero attached hydrogens (tertiary/aromatic N) is 2. The van der Waals surface area contributed by atoms with Crippen molar-refractivity contribution in [3.8, 4) is 0 Å². The van der Waals surface area contributed by atoms with Gasteiger partial charge in [-0.3, -0.25) is 14.5 Å². The van der Waals surface area contributed by atoms with Gasteiger partial charge < -0.3 is 10.1 Å². The molecule has 0 radical (unpaired) electrons. The smallest absolute Gasteiger partial charge is 0.324 e. The Hall–Kier alpha value is -2.46. The molecule has 0 unspecified atom stereocenters. The second kappa shape index (κ2) is 8.35. The normalized spacial score (nSPS) is 20.1. The van der Waals surface area contributed by atoms with Crippen LogP contribution >= 0.6 is 0 Å². The third kappa shape index (κ3) is 4.06. The minimum Gasteiger partial charge on any atom is -0.455 e. The summed E-state index contributed by atoms with van der Waals surface area (Å²) in [5.74, 6) is -1.55. The molecule has 0 aromatic heterocycles. The number of carbonyl (C=O) groups excluding carboxylic acids is 3. The number of ether oxygens (including phenoxy) is 1. The average molecular weight is 436 g/mol. The van der Waals surface area contributed by atoms with Crippen LogP contribution in [0, 0.1) is 5.92 Å². The van der Waals surface area contributed by atoms with Gasteiger partial charge in [0.2, 0.25) is 10.0 Å². The maximum atomic E-state index is 13.0. The van der Waals surface area contributed by atoms with Crippen molar-refractivity contribution in [2.45, 2.75) is 37.0 Å². The van der Waals surface area contributed by atoms with Crippen LogP contribution in [0.2, 0.25) is 0 Å². The van der Waals surface area contributed by atoms with E-state index in [2.05, 4.69) is 5.32 Å². The average Bonchev–Trinajstić information content (AvgIpc) is 3.40. The number of imide groups is 1. The first-order chi connectivity index (χ1) is 14.4. The summed E-state index contributed by atoms with van der Waals surface area (Å²) in [5.41, 5.74) is 2.32. The number of rotatable bonds is 5. The predicted molar refractivity (Wildman–Crippen MR) is 106 cm³/mol. The van der Waals surface area contributed by atoms with Crippen LogP contribution in [0.3, 0.4) is 0 Å². The summed E-state index contributed by atoms with van der Waals surface area (Å²) in [5, 5.41) is 2.51. The molecule has 1 aliphatic carbocycles. The van der Waals surface area contributed by atoms with Crippen molar-refractivity contribution in [3.63, 3.8) is 0 Å². The molecular formula is C20H25N3O6S. The lowest BCUT2D eigenvalue weighted by Crippen LogP contribution is -2.41. The van der Waals surface area contributed by atoms with Crippen LogP contribution in [0.15, 0.2) is 23.1 Å². The summed E-state index contributed by atoms with van der Waals surface area (Å²) in [4.78, 5) is 37.0. The standard InChI is InChI=1S/C20H25N3O6S/c24-18(23-11-8-21-20(23)26)13-29-19(25)15-6-9-22(10-7-15)30(27,28)17-5-4-14-2-1-3-16(14)12-17/h4-5,12,15H,1-3,6-11,13H2,(H,21,26). The number of hydrogen-bond acceptors (Lipinski definition) is 6. The maximum absolute atomic E-state index is 13.0. The Labute approximate surface area is 175 Å². The minimum absolute atomic E-state index is 0.224. The number of carbonyl (C=O) groups is 3. The Bertz CT molecular complexity index is 969. The maximum Gasteiger partial charge on any atom is 0.324 e. The van der Waals surface area contributed by atoms with E-state index in [9.17, 15) is 22.8 Å². The number of sulfonamides is 1. The molecule has 30 heavy (non-hydrogen) atoms. The van der Waals surface area contributed by atoms with Crippen molar-refractivity contribution in [2.24, 2.45) is 5.92 Å². The van der Waals surface area contributed by atoms with Gasteiger partial charge in [0.1, 0.15) is 0 Å². The fraction of sp³-hybridized carbons (Fsp3) is 0.550. The van der Waals surface area contributed by atoms with Crippen LogP contribution in [-0.2, 0) is 37.2 Å². The number of nitrogens with one attached hydrogen (secondary N) is 1. The molecule has 2 fully saturated rings. The largest absolute Gasteiger partial charge is 0.455 e. The molecule has 2 saturated heterocycles. The molecule has 3 aliphatic rings. The lowest BCUT2D eigenvalue weighted by Gasteiger charge is -2.30. The fourth-order valence-electron chi connectivity index (χ4n) is 4.23. The fourth-order valence-corrected chi connectivity index (χ4v) is 5.75. The molecule has 4 rings (SSSR count). The van der Waals surface area contributed by atoms with Gasteiger partial charge in [-0.25, -0.2) is 13.2 Å². The van der Waals surface area contributed by atoms with Crippen LogP contribution in [0.4, 0.5) is 4.79 Å². The zero-order valence-electron chi connectivity index (χ0n) is 16.6. The lowest BCUT2D eigenvalue weighted by molar-refractivity contribution is -0.155. The van der Waals surface area contributed by atoms with Crippen molar-refractivity contribution in [1.29, 1.82) is 0 Å². The molecular weight excluding hydrogens is 410 g/mol. The van der Waals surface area contributed by atoms with Crippen molar-refractivity contribution in [1.82, 2.24) is 14.5 Å². The molecule has 9 nitrogen and oxygen atoms in total. The lowest BCUT2D eigenvalue weighted by atomic mass is 9.98. The van der Waals surface area contributed by atoms with Gasteiger partial charge in [-0.05, 0) is 55.4 Å². The predicted octanol–water partition coefficient (Wildman–Crippen LogP) is 0.671. The monoisotopic (exact) mass is 435 g/mol. The Morgan fingerprint density at radius 1 is 1.10 bits per heavy atom. The number of aryl methyl sites for hydroxylation is 2. The van der Waals surface area contributed by atoms with E-state index in [1.807, 2.05) is 6.07 Å². The topological polar surface area (TPSA) is 113 Å². The molecule has 1 aromatic rings. The van der Waals surface area contributed by atoms with Gasteiger partial charge in [0.15, 0.2) is 6.61 Å². The Balaban J connectivity index is 1.30. The Kier molecular flexibility index (Phi) is 5.79. The first kappa shape index (κ1) is 20.8. The van der Waals surface area contributed by atoms with E-state index in [0.717, 1.165) is 29.7 Å². The van der Waals surface area contributed by atoms with E-state index in [4.69, 9.17) is 4.74 Å². The zero-order valence-corrected chi connectivity index (χ0v) is 17.4. The number of benzene rings is 1. The molecule has 0 bridgehead atoms. The minimum atomic E-state index is -3.60. The van der Waals surface area contributed by atoms with Crippen LogP contribution in [0.5, 0.6) is 0 Å². The number of esters is 1. The van der Waals surface area contributed by atoms with Gasteiger partial charge in [0.25, 0.3) is 5.91 Å². The number of piperidine rings is 1. The molecule has 1 N–H and O–H groups in total. The summed E-state index contributed by atoms with van der Waals surface area (Å²) in [6, 6.07) is 4.86. The molecule has 3 amide bonds. The van der Waals surface area contributed by atoms with Crippen molar-refractivity contribution < 1.29 is 27.5 Å². The first-order valence-corrected chi connectivity index (χ1v) is 11.7. The van der Waals surface area contributed by atoms with Gasteiger partial charge in [0, 0.05) is 26.2 Å². The number of amides is 3. The molecule has 162 valence electrons. The van der Waals surface area contributed by atoms with Gasteiger partial charge in [-0.1, -0.05) is 6.07 Å². The third-order valence-electron chi connectivity index (χ3n) is 5.99. The van der Waals surface area contributed by atoms with E-state index in [1.165, 1.54) is 9.87 Å². The number of fused-ring (bicyclic) bond motifs is 1. The molecule has 0 saturated carbocycles. The van der Waals surface area contributed by atoms with Gasteiger partial charge in [-0.2, -0.15) is 4.31 Å². The first-order valence-electron chi connectivity index (χ1n) is 10.2. The number of hydrogen-bond donors (Lipinski definition) is 1. The van der Waals surface area contributed by atoms with Crippen LogP contribution in [-0.4, -0.2) is 68.3 Å². The second-order valence-electron chi connectivity index (χ2n) is 7.85. The summed E-state index contributed by atoms with van der Waals surface area (Å²) in [6.45, 7) is 0.604. The molecule has 1 aromatic carbocycles. The van der Waals surface area contributed by atoms with Crippen molar-refractivity contribution in [3.05, 3.63) is 29.3 Å². The van der Waals surface area contributed by atoms with Crippen LogP contribution in [0.1, 0.15) is 30.4 Å². The highest BCUT2D eigenvalue weighted by molar-refractivity contribution is 7.89. The highest BCUT2D eigenvalue weighted by atomic mass is 32.2. The third-order valence-corrected chi connectivity index (χ3v) is 7.89. The highest BCUT2D eigenvalue weighted by Gasteiger charge is 2.34. The zero-order chi connectivity index (χ0) is 21.3. The van der Waals surface area contributed by atoms with Crippen LogP contribution < -0.4 is 5.32 Å². The molecule has 0 spiro atoms. The van der Waals surface area contributed by atoms with Crippen molar-refractivity contribution >= 4 is 27.9 Å². The summed E-state index contributed by atoms with van der Waals surface area (Å²) in [6.07, 6.45) is 3.62. The summed E-state index contributed by atoms with van der Waals surface area (Å²) >= 11 is 0. The molecule has 2 aliphatic heterocycles. The quantitative estimate of drug-likeness (QED) is 0.681. The second-order valence-corrected chi connectivity index (χ2v) is 9.79. The summed E-state index contributed by atoms with van der Waals surface area (Å²) < 4.78 is 32.4. The van der Waals surface area contributed by atoms with Crippen LogP contribution in [0.25, 0.3) is 0 Å². The number of urea groups is 1. The molecule has 10 heteroatoms. The van der Waals surface area contributed by atoms with Gasteiger partial charge in [-0.15, -0.1) is 0 Å². The van der Waals surface area contributed by atoms with E-state index in [-0.39, 0.29) is 19.6 Å². The van der Waals surface area contributed by atoms with E-state index in [1.54, 1.807) is 12.1 Å². The summed E-state index contributed by atoms with van der Waals surface area (Å²) in [7, 11) is -3.60. The van der Waals surface area contributed by atoms with E-state index >= 15 is 0 Å². The van der Waals surface area contributed by atoms with E-state index < -0.39 is 40.5 Å². The molecule has 0 atom stereocenters. The van der Waals surface area contributed by atoms with Crippen molar-refractivity contribution in [2.75, 3.05) is 32.8 Å². The van der Waals surface area contributed by atoms with E-state index in [0.29, 0.717) is 24.3 Å². The van der Waals surface area contributed by atoms with Gasteiger partial charge in [0.05, 0.1) is 10.8 Å².